The SMILES string of the molecule is CNCc1cc(F)ccc1-c1ccc(OC2CC2)cc1. The summed E-state index contributed by atoms with van der Waals surface area (Å²) in [7, 11) is 1.86. The van der Waals surface area contributed by atoms with Gasteiger partial charge in [0.2, 0.25) is 0 Å². The van der Waals surface area contributed by atoms with Crippen molar-refractivity contribution >= 4 is 0 Å². The lowest BCUT2D eigenvalue weighted by atomic mass is 9.99. The molecule has 2 aromatic carbocycles. The van der Waals surface area contributed by atoms with Gasteiger partial charge in [0.1, 0.15) is 11.6 Å². The van der Waals surface area contributed by atoms with Crippen molar-refractivity contribution in [3.63, 3.8) is 0 Å². The van der Waals surface area contributed by atoms with Gasteiger partial charge < -0.3 is 10.1 Å². The Morgan fingerprint density at radius 2 is 1.90 bits per heavy atom. The Balaban J connectivity index is 1.87. The van der Waals surface area contributed by atoms with Crippen molar-refractivity contribution in [2.45, 2.75) is 25.5 Å². The van der Waals surface area contributed by atoms with Gasteiger partial charge in [-0.15, -0.1) is 0 Å². The normalized spacial score (nSPS) is 14.3. The molecular weight excluding hydrogens is 253 g/mol. The first-order chi connectivity index (χ1) is 9.76. The molecule has 0 radical (unpaired) electrons. The average molecular weight is 271 g/mol. The summed E-state index contributed by atoms with van der Waals surface area (Å²) < 4.78 is 19.1. The minimum Gasteiger partial charge on any atom is -0.490 e. The van der Waals surface area contributed by atoms with E-state index in [0.29, 0.717) is 12.6 Å². The summed E-state index contributed by atoms with van der Waals surface area (Å²) in [6.07, 6.45) is 2.73. The molecule has 3 rings (SSSR count). The van der Waals surface area contributed by atoms with Crippen LogP contribution in [0.1, 0.15) is 18.4 Å². The van der Waals surface area contributed by atoms with Crippen LogP contribution in [-0.4, -0.2) is 13.2 Å². The molecule has 0 bridgehead atoms. The summed E-state index contributed by atoms with van der Waals surface area (Å²) >= 11 is 0. The molecule has 104 valence electrons. The molecule has 0 atom stereocenters. The molecule has 0 spiro atoms. The number of hydrogen-bond acceptors (Lipinski definition) is 2. The summed E-state index contributed by atoms with van der Waals surface area (Å²) in [6, 6.07) is 13.0. The van der Waals surface area contributed by atoms with Gasteiger partial charge in [-0.1, -0.05) is 18.2 Å². The van der Waals surface area contributed by atoms with Crippen molar-refractivity contribution in [1.82, 2.24) is 5.32 Å². The highest BCUT2D eigenvalue weighted by Gasteiger charge is 2.23. The molecule has 1 aliphatic carbocycles. The zero-order chi connectivity index (χ0) is 13.9. The maximum absolute atomic E-state index is 13.4. The molecule has 20 heavy (non-hydrogen) atoms. The van der Waals surface area contributed by atoms with E-state index >= 15 is 0 Å². The second-order valence-electron chi connectivity index (χ2n) is 5.17. The Labute approximate surface area is 118 Å². The lowest BCUT2D eigenvalue weighted by Gasteiger charge is -2.11. The van der Waals surface area contributed by atoms with E-state index in [1.165, 1.54) is 6.07 Å². The third-order valence-corrected chi connectivity index (χ3v) is 3.43. The highest BCUT2D eigenvalue weighted by molar-refractivity contribution is 5.68. The predicted molar refractivity (Wildman–Crippen MR) is 78.2 cm³/mol. The molecule has 1 N–H and O–H groups in total. The first-order valence-electron chi connectivity index (χ1n) is 6.96. The fourth-order valence-corrected chi connectivity index (χ4v) is 2.27. The van der Waals surface area contributed by atoms with E-state index < -0.39 is 0 Å². The Bertz CT molecular complexity index is 590. The minimum absolute atomic E-state index is 0.201. The largest absolute Gasteiger partial charge is 0.490 e. The van der Waals surface area contributed by atoms with Gasteiger partial charge in [0, 0.05) is 6.54 Å². The highest BCUT2D eigenvalue weighted by atomic mass is 19.1. The minimum atomic E-state index is -0.201. The molecule has 0 aromatic heterocycles. The molecule has 2 aromatic rings. The standard InChI is InChI=1S/C17H18FNO/c1-19-11-13-10-14(18)4-9-17(13)12-2-5-15(6-3-12)20-16-7-8-16/h2-6,9-10,16,19H,7-8,11H2,1H3. The average Bonchev–Trinajstić information content (AvgIpc) is 3.25. The third-order valence-electron chi connectivity index (χ3n) is 3.43. The van der Waals surface area contributed by atoms with Crippen molar-refractivity contribution in [1.29, 1.82) is 0 Å². The van der Waals surface area contributed by atoms with Gasteiger partial charge in [-0.3, -0.25) is 0 Å². The maximum atomic E-state index is 13.4. The second-order valence-corrected chi connectivity index (χ2v) is 5.17. The zero-order valence-corrected chi connectivity index (χ0v) is 11.5. The second kappa shape index (κ2) is 5.63. The van der Waals surface area contributed by atoms with Crippen LogP contribution in [0.15, 0.2) is 42.5 Å². The van der Waals surface area contributed by atoms with Crippen LogP contribution < -0.4 is 10.1 Å². The van der Waals surface area contributed by atoms with Gasteiger partial charge in [0.05, 0.1) is 6.10 Å². The van der Waals surface area contributed by atoms with Crippen LogP contribution in [-0.2, 0) is 6.54 Å². The van der Waals surface area contributed by atoms with Gasteiger partial charge in [-0.05, 0) is 60.8 Å². The summed E-state index contributed by atoms with van der Waals surface area (Å²) in [4.78, 5) is 0. The number of benzene rings is 2. The number of hydrogen-bond donors (Lipinski definition) is 1. The number of ether oxygens (including phenoxy) is 1. The fraction of sp³-hybridized carbons (Fsp3) is 0.294. The fourth-order valence-electron chi connectivity index (χ4n) is 2.27. The molecule has 1 saturated carbocycles. The smallest absolute Gasteiger partial charge is 0.123 e. The van der Waals surface area contributed by atoms with E-state index in [4.69, 9.17) is 4.74 Å². The predicted octanol–water partition coefficient (Wildman–Crippen LogP) is 3.75. The molecule has 1 aliphatic rings. The topological polar surface area (TPSA) is 21.3 Å². The van der Waals surface area contributed by atoms with Crippen molar-refractivity contribution in [2.24, 2.45) is 0 Å². The quantitative estimate of drug-likeness (QED) is 0.894. The first-order valence-corrected chi connectivity index (χ1v) is 6.96. The van der Waals surface area contributed by atoms with Crippen LogP contribution >= 0.6 is 0 Å². The lowest BCUT2D eigenvalue weighted by molar-refractivity contribution is 0.303. The van der Waals surface area contributed by atoms with Gasteiger partial charge >= 0.3 is 0 Å². The monoisotopic (exact) mass is 271 g/mol. The highest BCUT2D eigenvalue weighted by Crippen LogP contribution is 2.30. The molecule has 2 nitrogen and oxygen atoms in total. The van der Waals surface area contributed by atoms with E-state index in [2.05, 4.69) is 5.32 Å². The van der Waals surface area contributed by atoms with Gasteiger partial charge in [-0.2, -0.15) is 0 Å². The van der Waals surface area contributed by atoms with E-state index in [9.17, 15) is 4.39 Å². The van der Waals surface area contributed by atoms with E-state index in [-0.39, 0.29) is 5.82 Å². The van der Waals surface area contributed by atoms with Crippen LogP contribution in [0.4, 0.5) is 4.39 Å². The van der Waals surface area contributed by atoms with E-state index in [1.54, 1.807) is 6.07 Å². The number of rotatable bonds is 5. The molecule has 1 fully saturated rings. The molecule has 3 heteroatoms. The van der Waals surface area contributed by atoms with Crippen LogP contribution in [0.25, 0.3) is 11.1 Å². The van der Waals surface area contributed by atoms with Gasteiger partial charge in [-0.25, -0.2) is 4.39 Å². The molecule has 0 unspecified atom stereocenters. The van der Waals surface area contributed by atoms with Crippen molar-refractivity contribution < 1.29 is 9.13 Å². The Kier molecular flexibility index (Phi) is 3.70. The Hall–Kier alpha value is -1.87. The number of nitrogens with one attached hydrogen (secondary N) is 1. The number of halogens is 1. The summed E-state index contributed by atoms with van der Waals surface area (Å²) in [5, 5.41) is 3.08. The van der Waals surface area contributed by atoms with Gasteiger partial charge in [0.15, 0.2) is 0 Å². The third kappa shape index (κ3) is 2.99. The first kappa shape index (κ1) is 13.1. The molecule has 0 aliphatic heterocycles. The Morgan fingerprint density at radius 3 is 2.55 bits per heavy atom. The Morgan fingerprint density at radius 1 is 1.15 bits per heavy atom. The summed E-state index contributed by atoms with van der Waals surface area (Å²) in [6.45, 7) is 0.646. The summed E-state index contributed by atoms with van der Waals surface area (Å²) in [5.41, 5.74) is 3.10. The van der Waals surface area contributed by atoms with Crippen LogP contribution in [0.3, 0.4) is 0 Å². The zero-order valence-electron chi connectivity index (χ0n) is 11.5. The van der Waals surface area contributed by atoms with E-state index in [1.807, 2.05) is 37.4 Å². The molecule has 0 saturated heterocycles. The lowest BCUT2D eigenvalue weighted by Crippen LogP contribution is -2.06. The van der Waals surface area contributed by atoms with Crippen LogP contribution in [0.5, 0.6) is 5.75 Å². The van der Waals surface area contributed by atoms with Gasteiger partial charge in [0.25, 0.3) is 0 Å². The summed E-state index contributed by atoms with van der Waals surface area (Å²) in [5.74, 6) is 0.709. The van der Waals surface area contributed by atoms with Crippen LogP contribution in [0.2, 0.25) is 0 Å². The van der Waals surface area contributed by atoms with Crippen molar-refractivity contribution in [3.05, 3.63) is 53.8 Å². The molecule has 0 amide bonds. The maximum Gasteiger partial charge on any atom is 0.123 e. The van der Waals surface area contributed by atoms with Crippen molar-refractivity contribution in [3.8, 4) is 16.9 Å². The van der Waals surface area contributed by atoms with E-state index in [0.717, 1.165) is 35.3 Å². The molecular formula is C17H18FNO. The van der Waals surface area contributed by atoms with Crippen LogP contribution in [0, 0.1) is 5.82 Å². The molecule has 0 heterocycles. The van der Waals surface area contributed by atoms with Crippen molar-refractivity contribution in [2.75, 3.05) is 7.05 Å².